The Balaban J connectivity index is 3.32. The molecule has 0 aliphatic rings. The monoisotopic (exact) mass is 1030 g/mol. The van der Waals surface area contributed by atoms with Gasteiger partial charge < -0.3 is 20.3 Å². The molecule has 430 valence electrons. The average molecular weight is 1030 g/mol. The highest BCUT2D eigenvalue weighted by Gasteiger charge is 2.20. The number of carbonyl (C=O) groups is 2. The summed E-state index contributed by atoms with van der Waals surface area (Å²) in [4.78, 5) is 24.5. The van der Waals surface area contributed by atoms with E-state index in [4.69, 9.17) is 4.74 Å². The highest BCUT2D eigenvalue weighted by Crippen LogP contribution is 2.18. The Morgan fingerprint density at radius 1 is 0.384 bits per heavy atom. The number of nitrogens with one attached hydrogen (secondary N) is 1. The second-order valence-corrected chi connectivity index (χ2v) is 22.4. The second kappa shape index (κ2) is 62.6. The van der Waals surface area contributed by atoms with E-state index < -0.39 is 12.1 Å². The number of allylic oxidation sites excluding steroid dienone is 6. The van der Waals surface area contributed by atoms with Crippen molar-refractivity contribution in [2.45, 2.75) is 366 Å². The van der Waals surface area contributed by atoms with E-state index in [0.29, 0.717) is 25.9 Å². The van der Waals surface area contributed by atoms with Crippen molar-refractivity contribution in [3.05, 3.63) is 36.5 Å². The van der Waals surface area contributed by atoms with Crippen LogP contribution in [0.15, 0.2) is 36.5 Å². The predicted molar refractivity (Wildman–Crippen MR) is 319 cm³/mol. The molecule has 0 saturated carbocycles. The summed E-state index contributed by atoms with van der Waals surface area (Å²) in [5.74, 6) is -0.0294. The van der Waals surface area contributed by atoms with Gasteiger partial charge in [-0.2, -0.15) is 0 Å². The summed E-state index contributed by atoms with van der Waals surface area (Å²) in [5, 5.41) is 23.1. The number of carbonyl (C=O) groups excluding carboxylic acids is 2. The Kier molecular flexibility index (Phi) is 61.0. The van der Waals surface area contributed by atoms with Crippen LogP contribution in [-0.4, -0.2) is 47.4 Å². The van der Waals surface area contributed by atoms with Gasteiger partial charge in [-0.05, 0) is 77.0 Å². The van der Waals surface area contributed by atoms with Gasteiger partial charge in [-0.25, -0.2) is 0 Å². The molecule has 0 aromatic rings. The molecular formula is C67H127NO5. The molecule has 0 aliphatic heterocycles. The van der Waals surface area contributed by atoms with Crippen molar-refractivity contribution in [3.63, 3.8) is 0 Å². The third kappa shape index (κ3) is 59.2. The van der Waals surface area contributed by atoms with Crippen molar-refractivity contribution in [2.75, 3.05) is 13.2 Å². The number of esters is 1. The smallest absolute Gasteiger partial charge is 0.305 e. The highest BCUT2D eigenvalue weighted by molar-refractivity contribution is 5.76. The van der Waals surface area contributed by atoms with E-state index in [9.17, 15) is 19.8 Å². The van der Waals surface area contributed by atoms with Crippen molar-refractivity contribution in [2.24, 2.45) is 0 Å². The third-order valence-electron chi connectivity index (χ3n) is 15.2. The molecule has 0 heterocycles. The Bertz CT molecular complexity index is 1180. The van der Waals surface area contributed by atoms with Crippen LogP contribution in [0, 0.1) is 0 Å². The van der Waals surface area contributed by atoms with Crippen LogP contribution in [0.25, 0.3) is 0 Å². The lowest BCUT2D eigenvalue weighted by molar-refractivity contribution is -0.143. The van der Waals surface area contributed by atoms with Crippen LogP contribution < -0.4 is 5.32 Å². The zero-order valence-corrected chi connectivity index (χ0v) is 49.1. The molecule has 1 amide bonds. The molecule has 0 fully saturated rings. The van der Waals surface area contributed by atoms with Gasteiger partial charge in [0.05, 0.1) is 25.4 Å². The summed E-state index contributed by atoms with van der Waals surface area (Å²) in [6, 6.07) is -0.537. The second-order valence-electron chi connectivity index (χ2n) is 22.4. The summed E-state index contributed by atoms with van der Waals surface area (Å²) >= 11 is 0. The molecule has 0 rings (SSSR count). The number of aliphatic hydroxyl groups is 2. The number of hydrogen-bond acceptors (Lipinski definition) is 5. The van der Waals surface area contributed by atoms with E-state index in [-0.39, 0.29) is 18.5 Å². The minimum Gasteiger partial charge on any atom is -0.466 e. The zero-order valence-electron chi connectivity index (χ0n) is 49.1. The Hall–Kier alpha value is -1.92. The fourth-order valence-electron chi connectivity index (χ4n) is 10.1. The Morgan fingerprint density at radius 2 is 0.699 bits per heavy atom. The molecule has 0 aromatic carbocycles. The van der Waals surface area contributed by atoms with E-state index in [1.807, 2.05) is 0 Å². The number of hydrogen-bond donors (Lipinski definition) is 3. The van der Waals surface area contributed by atoms with Gasteiger partial charge in [-0.1, -0.05) is 301 Å². The van der Waals surface area contributed by atoms with E-state index >= 15 is 0 Å². The summed E-state index contributed by atoms with van der Waals surface area (Å²) in [7, 11) is 0. The van der Waals surface area contributed by atoms with Gasteiger partial charge in [-0.3, -0.25) is 9.59 Å². The third-order valence-corrected chi connectivity index (χ3v) is 15.2. The van der Waals surface area contributed by atoms with E-state index in [1.165, 1.54) is 270 Å². The maximum absolute atomic E-state index is 12.4. The molecular weight excluding hydrogens is 899 g/mol. The van der Waals surface area contributed by atoms with Crippen LogP contribution in [-0.2, 0) is 14.3 Å². The number of amides is 1. The number of ether oxygens (including phenoxy) is 1. The first kappa shape index (κ1) is 71.1. The van der Waals surface area contributed by atoms with Gasteiger partial charge in [0.15, 0.2) is 0 Å². The van der Waals surface area contributed by atoms with Crippen molar-refractivity contribution >= 4 is 11.9 Å². The van der Waals surface area contributed by atoms with Crippen LogP contribution >= 0.6 is 0 Å². The normalized spacial score (nSPS) is 12.8. The summed E-state index contributed by atoms with van der Waals surface area (Å²) in [5.41, 5.74) is 0. The van der Waals surface area contributed by atoms with Crippen molar-refractivity contribution < 1.29 is 24.5 Å². The standard InChI is InChI=1S/C67H127NO5/c1-3-5-7-9-11-13-14-15-38-41-45-49-53-57-61-67(72)73-62-58-54-50-46-42-39-36-34-32-30-28-26-24-22-20-18-16-17-19-21-23-25-27-29-31-33-35-37-40-44-48-52-56-60-66(71)68-64(63-69)65(70)59-55-51-47-43-12-10-8-6-4-2/h9,11,14-15,20,22,64-65,69-70H,3-8,10,12-13,16-19,21,23-63H2,1-2H3,(H,68,71)/b11-9-,15-14-,22-20-. The summed E-state index contributed by atoms with van der Waals surface area (Å²) < 4.78 is 5.48. The maximum atomic E-state index is 12.4. The van der Waals surface area contributed by atoms with E-state index in [0.717, 1.165) is 51.4 Å². The topological polar surface area (TPSA) is 95.9 Å². The minimum absolute atomic E-state index is 0.00393. The van der Waals surface area contributed by atoms with Crippen LogP contribution in [0.5, 0.6) is 0 Å². The summed E-state index contributed by atoms with van der Waals surface area (Å²) in [6.07, 6.45) is 79.1. The highest BCUT2D eigenvalue weighted by atomic mass is 16.5. The summed E-state index contributed by atoms with van der Waals surface area (Å²) in [6.45, 7) is 4.90. The quantitative estimate of drug-likeness (QED) is 0.0320. The maximum Gasteiger partial charge on any atom is 0.305 e. The van der Waals surface area contributed by atoms with Gasteiger partial charge >= 0.3 is 5.97 Å². The predicted octanol–water partition coefficient (Wildman–Crippen LogP) is 20.8. The molecule has 73 heavy (non-hydrogen) atoms. The lowest BCUT2D eigenvalue weighted by Gasteiger charge is -2.22. The Labute approximate surface area is 455 Å². The Morgan fingerprint density at radius 3 is 1.10 bits per heavy atom. The fraction of sp³-hybridized carbons (Fsp3) is 0.881. The number of rotatable bonds is 61. The molecule has 2 unspecified atom stereocenters. The van der Waals surface area contributed by atoms with Gasteiger partial charge in [0.2, 0.25) is 5.91 Å². The number of aliphatic hydroxyl groups excluding tert-OH is 2. The van der Waals surface area contributed by atoms with Crippen molar-refractivity contribution in [1.82, 2.24) is 5.32 Å². The van der Waals surface area contributed by atoms with Crippen LogP contribution in [0.3, 0.4) is 0 Å². The molecule has 3 N–H and O–H groups in total. The molecule has 6 nitrogen and oxygen atoms in total. The molecule has 0 spiro atoms. The first-order chi connectivity index (χ1) is 36.0. The van der Waals surface area contributed by atoms with Crippen molar-refractivity contribution in [1.29, 1.82) is 0 Å². The SMILES string of the molecule is CCCC/C=C\C/C=C\CCCCCCCC(=O)OCCCCCCCCCCCCCC/C=C\CCCCCCCCCCCCCCCCCCCC(=O)NC(CO)C(O)CCCCCCCCCCC. The van der Waals surface area contributed by atoms with Crippen LogP contribution in [0.2, 0.25) is 0 Å². The number of unbranched alkanes of at least 4 members (excludes halogenated alkanes) is 44. The average Bonchev–Trinajstić information content (AvgIpc) is 3.39. The lowest BCUT2D eigenvalue weighted by Crippen LogP contribution is -2.45. The molecule has 0 aliphatic carbocycles. The fourth-order valence-corrected chi connectivity index (χ4v) is 10.1. The largest absolute Gasteiger partial charge is 0.466 e. The lowest BCUT2D eigenvalue weighted by atomic mass is 10.0. The van der Waals surface area contributed by atoms with Gasteiger partial charge in [-0.15, -0.1) is 0 Å². The first-order valence-corrected chi connectivity index (χ1v) is 32.7. The first-order valence-electron chi connectivity index (χ1n) is 32.7. The molecule has 0 bridgehead atoms. The molecule has 2 atom stereocenters. The van der Waals surface area contributed by atoms with E-state index in [2.05, 4.69) is 55.6 Å². The zero-order chi connectivity index (χ0) is 52.9. The van der Waals surface area contributed by atoms with Crippen LogP contribution in [0.1, 0.15) is 354 Å². The molecule has 0 saturated heterocycles. The molecule has 6 heteroatoms. The van der Waals surface area contributed by atoms with Gasteiger partial charge in [0.1, 0.15) is 0 Å². The molecule has 0 aromatic heterocycles. The van der Waals surface area contributed by atoms with Crippen molar-refractivity contribution in [3.8, 4) is 0 Å². The van der Waals surface area contributed by atoms with Gasteiger partial charge in [0, 0.05) is 12.8 Å². The van der Waals surface area contributed by atoms with Crippen LogP contribution in [0.4, 0.5) is 0 Å². The molecule has 0 radical (unpaired) electrons. The van der Waals surface area contributed by atoms with Gasteiger partial charge in [0.25, 0.3) is 0 Å². The minimum atomic E-state index is -0.659. The van der Waals surface area contributed by atoms with E-state index in [1.54, 1.807) is 0 Å².